The Hall–Kier alpha value is -2.21. The van der Waals surface area contributed by atoms with Gasteiger partial charge in [-0.3, -0.25) is 0 Å². The highest BCUT2D eigenvalue weighted by Crippen LogP contribution is 2.30. The smallest absolute Gasteiger partial charge is 0.258 e. The molecule has 0 saturated heterocycles. The SMILES string of the molecule is Cc1cc(F)cc(-c2noc(-c3ccc(Br)c(O)c3)n2)c1. The monoisotopic (exact) mass is 348 g/mol. The average molecular weight is 349 g/mol. The Bertz CT molecular complexity index is 797. The number of hydrogen-bond acceptors (Lipinski definition) is 4. The van der Waals surface area contributed by atoms with E-state index in [0.717, 1.165) is 5.56 Å². The second-order valence-electron chi connectivity index (χ2n) is 4.61. The zero-order valence-corrected chi connectivity index (χ0v) is 12.6. The van der Waals surface area contributed by atoms with Crippen LogP contribution in [0.15, 0.2) is 45.4 Å². The lowest BCUT2D eigenvalue weighted by atomic mass is 10.1. The second kappa shape index (κ2) is 5.29. The molecule has 0 bridgehead atoms. The molecule has 3 rings (SSSR count). The van der Waals surface area contributed by atoms with Gasteiger partial charge in [-0.2, -0.15) is 4.98 Å². The number of phenols is 1. The van der Waals surface area contributed by atoms with Gasteiger partial charge in [-0.1, -0.05) is 5.16 Å². The fourth-order valence-corrected chi connectivity index (χ4v) is 2.22. The van der Waals surface area contributed by atoms with E-state index in [9.17, 15) is 9.50 Å². The lowest BCUT2D eigenvalue weighted by molar-refractivity contribution is 0.431. The van der Waals surface area contributed by atoms with E-state index in [-0.39, 0.29) is 17.5 Å². The third kappa shape index (κ3) is 2.80. The van der Waals surface area contributed by atoms with E-state index in [2.05, 4.69) is 26.1 Å². The molecular weight excluding hydrogens is 339 g/mol. The molecule has 3 aromatic rings. The van der Waals surface area contributed by atoms with Crippen LogP contribution in [0.1, 0.15) is 5.56 Å². The van der Waals surface area contributed by atoms with Crippen molar-refractivity contribution >= 4 is 15.9 Å². The molecule has 21 heavy (non-hydrogen) atoms. The number of aromatic nitrogens is 2. The van der Waals surface area contributed by atoms with Gasteiger partial charge in [-0.05, 0) is 64.8 Å². The summed E-state index contributed by atoms with van der Waals surface area (Å²) in [5.41, 5.74) is 1.91. The van der Waals surface area contributed by atoms with Crippen LogP contribution >= 0.6 is 15.9 Å². The predicted octanol–water partition coefficient (Wildman–Crippen LogP) is 4.32. The van der Waals surface area contributed by atoms with Gasteiger partial charge < -0.3 is 9.63 Å². The molecule has 1 heterocycles. The summed E-state index contributed by atoms with van der Waals surface area (Å²) >= 11 is 3.20. The second-order valence-corrected chi connectivity index (χ2v) is 5.46. The molecule has 2 aromatic carbocycles. The summed E-state index contributed by atoms with van der Waals surface area (Å²) in [6, 6.07) is 9.48. The molecule has 0 spiro atoms. The molecule has 0 atom stereocenters. The van der Waals surface area contributed by atoms with Gasteiger partial charge in [0.1, 0.15) is 11.6 Å². The molecule has 0 radical (unpaired) electrons. The summed E-state index contributed by atoms with van der Waals surface area (Å²) in [5.74, 6) is 0.288. The molecule has 6 heteroatoms. The molecule has 0 aliphatic carbocycles. The highest BCUT2D eigenvalue weighted by atomic mass is 79.9. The van der Waals surface area contributed by atoms with Crippen LogP contribution in [0.25, 0.3) is 22.8 Å². The van der Waals surface area contributed by atoms with Gasteiger partial charge in [-0.25, -0.2) is 4.39 Å². The predicted molar refractivity (Wildman–Crippen MR) is 79.2 cm³/mol. The largest absolute Gasteiger partial charge is 0.507 e. The van der Waals surface area contributed by atoms with Gasteiger partial charge >= 0.3 is 0 Å². The molecule has 0 fully saturated rings. The standard InChI is InChI=1S/C15H10BrFN2O2/c1-8-4-10(6-11(17)5-8)14-18-15(21-19-14)9-2-3-12(16)13(20)7-9/h2-7,20H,1H3. The van der Waals surface area contributed by atoms with Crippen LogP contribution in [0.2, 0.25) is 0 Å². The molecule has 1 aromatic heterocycles. The quantitative estimate of drug-likeness (QED) is 0.749. The number of aromatic hydroxyl groups is 1. The van der Waals surface area contributed by atoms with Crippen LogP contribution in [-0.2, 0) is 0 Å². The van der Waals surface area contributed by atoms with Crippen LogP contribution in [0.3, 0.4) is 0 Å². The molecule has 4 nitrogen and oxygen atoms in total. The highest BCUT2D eigenvalue weighted by molar-refractivity contribution is 9.10. The average Bonchev–Trinajstić information content (AvgIpc) is 2.90. The van der Waals surface area contributed by atoms with E-state index >= 15 is 0 Å². The molecular formula is C15H10BrFN2O2. The van der Waals surface area contributed by atoms with E-state index in [1.54, 1.807) is 25.1 Å². The van der Waals surface area contributed by atoms with Crippen molar-refractivity contribution in [3.8, 4) is 28.6 Å². The van der Waals surface area contributed by atoms with Crippen LogP contribution < -0.4 is 0 Å². The van der Waals surface area contributed by atoms with Crippen LogP contribution in [0.5, 0.6) is 5.75 Å². The third-order valence-corrected chi connectivity index (χ3v) is 3.59. The summed E-state index contributed by atoms with van der Waals surface area (Å²) in [6.45, 7) is 1.79. The molecule has 0 amide bonds. The topological polar surface area (TPSA) is 59.2 Å². The number of benzene rings is 2. The minimum absolute atomic E-state index is 0.0776. The van der Waals surface area contributed by atoms with Crippen molar-refractivity contribution in [3.05, 3.63) is 52.3 Å². The molecule has 0 aliphatic rings. The fraction of sp³-hybridized carbons (Fsp3) is 0.0667. The van der Waals surface area contributed by atoms with Gasteiger partial charge in [0.15, 0.2) is 0 Å². The van der Waals surface area contributed by atoms with Gasteiger partial charge in [0.25, 0.3) is 5.89 Å². The Morgan fingerprint density at radius 1 is 1.14 bits per heavy atom. The van der Waals surface area contributed by atoms with Gasteiger partial charge in [0.2, 0.25) is 5.82 Å². The number of nitrogens with zero attached hydrogens (tertiary/aromatic N) is 2. The summed E-state index contributed by atoms with van der Waals surface area (Å²) in [7, 11) is 0. The van der Waals surface area contributed by atoms with Gasteiger partial charge in [0, 0.05) is 11.1 Å². The maximum absolute atomic E-state index is 13.4. The molecule has 1 N–H and O–H groups in total. The lowest BCUT2D eigenvalue weighted by Gasteiger charge is -1.98. The molecule has 0 aliphatic heterocycles. The van der Waals surface area contributed by atoms with Crippen LogP contribution in [0.4, 0.5) is 4.39 Å². The molecule has 106 valence electrons. The Morgan fingerprint density at radius 3 is 2.67 bits per heavy atom. The molecule has 0 saturated carbocycles. The van der Waals surface area contributed by atoms with Crippen molar-refractivity contribution in [2.24, 2.45) is 0 Å². The fourth-order valence-electron chi connectivity index (χ4n) is 1.97. The van der Waals surface area contributed by atoms with Gasteiger partial charge in [-0.15, -0.1) is 0 Å². The third-order valence-electron chi connectivity index (χ3n) is 2.92. The van der Waals surface area contributed by atoms with Crippen molar-refractivity contribution in [2.75, 3.05) is 0 Å². The van der Waals surface area contributed by atoms with Crippen LogP contribution in [-0.4, -0.2) is 15.2 Å². The molecule has 0 unspecified atom stereocenters. The number of hydrogen-bond donors (Lipinski definition) is 1. The summed E-state index contributed by atoms with van der Waals surface area (Å²) < 4.78 is 19.2. The van der Waals surface area contributed by atoms with Gasteiger partial charge in [0.05, 0.1) is 4.47 Å². The van der Waals surface area contributed by atoms with Crippen molar-refractivity contribution in [1.82, 2.24) is 10.1 Å². The van der Waals surface area contributed by atoms with Crippen LogP contribution in [0, 0.1) is 12.7 Å². The van der Waals surface area contributed by atoms with E-state index in [1.165, 1.54) is 18.2 Å². The zero-order valence-electron chi connectivity index (χ0n) is 11.0. The maximum Gasteiger partial charge on any atom is 0.258 e. The van der Waals surface area contributed by atoms with Crippen molar-refractivity contribution in [2.45, 2.75) is 6.92 Å². The minimum atomic E-state index is -0.349. The van der Waals surface area contributed by atoms with Crippen molar-refractivity contribution in [1.29, 1.82) is 0 Å². The first-order chi connectivity index (χ1) is 10.0. The Morgan fingerprint density at radius 2 is 1.95 bits per heavy atom. The van der Waals surface area contributed by atoms with E-state index < -0.39 is 0 Å². The van der Waals surface area contributed by atoms with E-state index in [1.807, 2.05) is 0 Å². The number of rotatable bonds is 2. The first-order valence-corrected chi connectivity index (χ1v) is 6.92. The van der Waals surface area contributed by atoms with Crippen molar-refractivity contribution in [3.63, 3.8) is 0 Å². The summed E-state index contributed by atoms with van der Waals surface area (Å²) in [6.07, 6.45) is 0. The number of aryl methyl sites for hydroxylation is 1. The van der Waals surface area contributed by atoms with Crippen molar-refractivity contribution < 1.29 is 14.0 Å². The Kier molecular flexibility index (Phi) is 3.47. The lowest BCUT2D eigenvalue weighted by Crippen LogP contribution is -1.85. The maximum atomic E-state index is 13.4. The first-order valence-electron chi connectivity index (χ1n) is 6.13. The summed E-state index contributed by atoms with van der Waals surface area (Å²) in [4.78, 5) is 4.23. The zero-order chi connectivity index (χ0) is 15.0. The number of halogens is 2. The Balaban J connectivity index is 2.01. The minimum Gasteiger partial charge on any atom is -0.507 e. The Labute approximate surface area is 128 Å². The highest BCUT2D eigenvalue weighted by Gasteiger charge is 2.13. The number of phenolic OH excluding ortho intramolecular Hbond substituents is 1. The normalized spacial score (nSPS) is 10.8. The first kappa shape index (κ1) is 13.8. The van der Waals surface area contributed by atoms with E-state index in [0.29, 0.717) is 21.4 Å². The summed E-state index contributed by atoms with van der Waals surface area (Å²) in [5, 5.41) is 13.5. The van der Waals surface area contributed by atoms with E-state index in [4.69, 9.17) is 4.52 Å².